The quantitative estimate of drug-likeness (QED) is 0.705. The molecule has 0 aromatic carbocycles. The van der Waals surface area contributed by atoms with E-state index in [1.165, 1.54) is 0 Å². The van der Waals surface area contributed by atoms with Gasteiger partial charge in [0.05, 0.1) is 16.9 Å². The lowest BCUT2D eigenvalue weighted by Crippen LogP contribution is -2.47. The van der Waals surface area contributed by atoms with Crippen molar-refractivity contribution in [2.75, 3.05) is 25.1 Å². The molecule has 1 heterocycles. The predicted octanol–water partition coefficient (Wildman–Crippen LogP) is -0.465. The zero-order valence-corrected chi connectivity index (χ0v) is 10.9. The van der Waals surface area contributed by atoms with Gasteiger partial charge in [-0.3, -0.25) is 4.79 Å². The van der Waals surface area contributed by atoms with E-state index >= 15 is 0 Å². The lowest BCUT2D eigenvalue weighted by molar-refractivity contribution is -0.129. The van der Waals surface area contributed by atoms with Crippen molar-refractivity contribution in [3.63, 3.8) is 0 Å². The molecule has 0 aromatic rings. The highest BCUT2D eigenvalue weighted by molar-refractivity contribution is 7.91. The summed E-state index contributed by atoms with van der Waals surface area (Å²) >= 11 is 0. The maximum Gasteiger partial charge on any atom is 0.227 e. The molecule has 1 rings (SSSR count). The number of amides is 1. The first-order valence-corrected chi connectivity index (χ1v) is 7.25. The van der Waals surface area contributed by atoms with Crippen LogP contribution in [0.5, 0.6) is 0 Å². The van der Waals surface area contributed by atoms with Gasteiger partial charge in [-0.25, -0.2) is 8.42 Å². The minimum Gasteiger partial charge on any atom is -0.352 e. The van der Waals surface area contributed by atoms with Crippen LogP contribution in [0.1, 0.15) is 20.3 Å². The lowest BCUT2D eigenvalue weighted by Gasteiger charge is -2.25. The molecule has 94 valence electrons. The van der Waals surface area contributed by atoms with Crippen molar-refractivity contribution in [2.45, 2.75) is 26.3 Å². The maximum atomic E-state index is 11.9. The first-order valence-electron chi connectivity index (χ1n) is 5.43. The zero-order valence-electron chi connectivity index (χ0n) is 10.0. The molecule has 0 spiro atoms. The van der Waals surface area contributed by atoms with Crippen LogP contribution in [0.4, 0.5) is 0 Å². The summed E-state index contributed by atoms with van der Waals surface area (Å²) in [6, 6.07) is -0.214. The van der Waals surface area contributed by atoms with Crippen LogP contribution in [0, 0.1) is 5.41 Å². The molecule has 0 radical (unpaired) electrons. The van der Waals surface area contributed by atoms with Crippen molar-refractivity contribution in [2.24, 2.45) is 5.41 Å². The molecule has 1 fully saturated rings. The van der Waals surface area contributed by atoms with E-state index in [-0.39, 0.29) is 23.5 Å². The molecular formula is C10H20N2O3S. The van der Waals surface area contributed by atoms with Crippen LogP contribution in [0.25, 0.3) is 0 Å². The monoisotopic (exact) mass is 248 g/mol. The van der Waals surface area contributed by atoms with E-state index in [0.717, 1.165) is 0 Å². The molecule has 1 unspecified atom stereocenters. The van der Waals surface area contributed by atoms with E-state index in [1.54, 1.807) is 7.05 Å². The summed E-state index contributed by atoms with van der Waals surface area (Å²) < 4.78 is 22.5. The number of carbonyl (C=O) groups excluding carboxylic acids is 1. The number of sulfone groups is 1. The fraction of sp³-hybridized carbons (Fsp3) is 0.900. The third-order valence-electron chi connectivity index (χ3n) is 2.80. The summed E-state index contributed by atoms with van der Waals surface area (Å²) in [5.74, 6) is 0.169. The average molecular weight is 248 g/mol. The zero-order chi connectivity index (χ0) is 12.4. The largest absolute Gasteiger partial charge is 0.352 e. The van der Waals surface area contributed by atoms with Crippen molar-refractivity contribution < 1.29 is 13.2 Å². The van der Waals surface area contributed by atoms with Crippen molar-refractivity contribution >= 4 is 15.7 Å². The Bertz CT molecular complexity index is 362. The third kappa shape index (κ3) is 3.45. The molecule has 1 aliphatic heterocycles. The van der Waals surface area contributed by atoms with Gasteiger partial charge in [0.15, 0.2) is 9.84 Å². The topological polar surface area (TPSA) is 75.3 Å². The van der Waals surface area contributed by atoms with E-state index in [1.807, 2.05) is 13.8 Å². The predicted molar refractivity (Wildman–Crippen MR) is 62.9 cm³/mol. The van der Waals surface area contributed by atoms with Gasteiger partial charge in [-0.05, 0) is 27.3 Å². The van der Waals surface area contributed by atoms with Crippen LogP contribution in [0.15, 0.2) is 0 Å². The normalized spacial score (nSPS) is 24.3. The molecule has 1 amide bonds. The van der Waals surface area contributed by atoms with Crippen molar-refractivity contribution in [3.05, 3.63) is 0 Å². The van der Waals surface area contributed by atoms with Gasteiger partial charge in [0.1, 0.15) is 0 Å². The Hall–Kier alpha value is -0.620. The second kappa shape index (κ2) is 4.71. The highest BCUT2D eigenvalue weighted by Gasteiger charge is 2.33. The Labute approximate surface area is 96.9 Å². The smallest absolute Gasteiger partial charge is 0.227 e. The summed E-state index contributed by atoms with van der Waals surface area (Å²) in [7, 11) is -1.14. The van der Waals surface area contributed by atoms with Crippen LogP contribution in [-0.4, -0.2) is 45.5 Å². The fourth-order valence-electron chi connectivity index (χ4n) is 1.81. The van der Waals surface area contributed by atoms with Gasteiger partial charge < -0.3 is 10.6 Å². The minimum absolute atomic E-state index is 0.0778. The molecule has 1 aliphatic rings. The van der Waals surface area contributed by atoms with E-state index in [4.69, 9.17) is 0 Å². The summed E-state index contributed by atoms with van der Waals surface area (Å²) in [6.45, 7) is 4.24. The fourth-order valence-corrected chi connectivity index (χ4v) is 3.49. The molecule has 6 heteroatoms. The Morgan fingerprint density at radius 1 is 1.44 bits per heavy atom. The van der Waals surface area contributed by atoms with Gasteiger partial charge in [-0.15, -0.1) is 0 Å². The average Bonchev–Trinajstić information content (AvgIpc) is 2.45. The summed E-state index contributed by atoms with van der Waals surface area (Å²) in [4.78, 5) is 11.9. The molecule has 2 N–H and O–H groups in total. The molecule has 5 nitrogen and oxygen atoms in total. The Balaban J connectivity index is 2.53. The van der Waals surface area contributed by atoms with E-state index in [2.05, 4.69) is 10.6 Å². The van der Waals surface area contributed by atoms with Gasteiger partial charge in [0.25, 0.3) is 0 Å². The van der Waals surface area contributed by atoms with Crippen LogP contribution < -0.4 is 10.6 Å². The summed E-state index contributed by atoms with van der Waals surface area (Å²) in [6.07, 6.45) is 0.531. The molecule has 0 bridgehead atoms. The van der Waals surface area contributed by atoms with Gasteiger partial charge in [0.2, 0.25) is 5.91 Å². The number of rotatable bonds is 4. The summed E-state index contributed by atoms with van der Waals surface area (Å²) in [5, 5.41) is 5.75. The van der Waals surface area contributed by atoms with Gasteiger partial charge >= 0.3 is 0 Å². The maximum absolute atomic E-state index is 11.9. The Kier molecular flexibility index (Phi) is 3.96. The van der Waals surface area contributed by atoms with Gasteiger partial charge in [-0.2, -0.15) is 0 Å². The molecular weight excluding hydrogens is 228 g/mol. The highest BCUT2D eigenvalue weighted by atomic mass is 32.2. The molecule has 1 saturated heterocycles. The SMILES string of the molecule is CNCC(C)(C)C(=O)NC1CCS(=O)(=O)C1. The van der Waals surface area contributed by atoms with Crippen molar-refractivity contribution in [1.29, 1.82) is 0 Å². The number of nitrogens with one attached hydrogen (secondary N) is 2. The molecule has 16 heavy (non-hydrogen) atoms. The second-order valence-corrected chi connectivity index (χ2v) is 7.22. The van der Waals surface area contributed by atoms with E-state index in [0.29, 0.717) is 13.0 Å². The Morgan fingerprint density at radius 3 is 2.50 bits per heavy atom. The van der Waals surface area contributed by atoms with Crippen LogP contribution in [0.3, 0.4) is 0 Å². The molecule has 0 aliphatic carbocycles. The van der Waals surface area contributed by atoms with Crippen LogP contribution >= 0.6 is 0 Å². The van der Waals surface area contributed by atoms with E-state index in [9.17, 15) is 13.2 Å². The van der Waals surface area contributed by atoms with Gasteiger partial charge in [0, 0.05) is 12.6 Å². The number of hydrogen-bond donors (Lipinski definition) is 2. The molecule has 0 saturated carbocycles. The highest BCUT2D eigenvalue weighted by Crippen LogP contribution is 2.17. The van der Waals surface area contributed by atoms with E-state index < -0.39 is 15.3 Å². The Morgan fingerprint density at radius 2 is 2.06 bits per heavy atom. The van der Waals surface area contributed by atoms with Crippen LogP contribution in [-0.2, 0) is 14.6 Å². The third-order valence-corrected chi connectivity index (χ3v) is 4.57. The standard InChI is InChI=1S/C10H20N2O3S/c1-10(2,7-11-3)9(13)12-8-4-5-16(14,15)6-8/h8,11H,4-7H2,1-3H3,(H,12,13). The second-order valence-electron chi connectivity index (χ2n) is 4.99. The molecule has 1 atom stereocenters. The molecule has 0 aromatic heterocycles. The van der Waals surface area contributed by atoms with Crippen molar-refractivity contribution in [1.82, 2.24) is 10.6 Å². The van der Waals surface area contributed by atoms with Crippen LogP contribution in [0.2, 0.25) is 0 Å². The number of carbonyl (C=O) groups is 1. The van der Waals surface area contributed by atoms with Gasteiger partial charge in [-0.1, -0.05) is 0 Å². The first-order chi connectivity index (χ1) is 7.27. The first kappa shape index (κ1) is 13.4. The van der Waals surface area contributed by atoms with Crippen molar-refractivity contribution in [3.8, 4) is 0 Å². The summed E-state index contributed by atoms with van der Waals surface area (Å²) in [5.41, 5.74) is -0.513. The lowest BCUT2D eigenvalue weighted by atomic mass is 9.92. The minimum atomic E-state index is -2.93. The number of hydrogen-bond acceptors (Lipinski definition) is 4.